The number of ether oxygens (including phenoxy) is 3. The second kappa shape index (κ2) is 14.3. The monoisotopic (exact) mass is 716 g/mol. The summed E-state index contributed by atoms with van der Waals surface area (Å²) in [6, 6.07) is 24.1. The highest BCUT2D eigenvalue weighted by molar-refractivity contribution is 7.19. The molecule has 51 heavy (non-hydrogen) atoms. The molecule has 8 rings (SSSR count). The third-order valence-electron chi connectivity index (χ3n) is 8.49. The molecule has 1 atom stereocenters. The van der Waals surface area contributed by atoms with E-state index in [0.29, 0.717) is 23.3 Å². The number of thiophene rings is 2. The normalized spacial score (nSPS) is 12.1. The van der Waals surface area contributed by atoms with Gasteiger partial charge in [-0.3, -0.25) is 0 Å². The Morgan fingerprint density at radius 3 is 1.84 bits per heavy atom. The average Bonchev–Trinajstić information content (AvgIpc) is 3.99. The van der Waals surface area contributed by atoms with Gasteiger partial charge in [-0.15, -0.1) is 22.7 Å². The second-order valence-corrected chi connectivity index (χ2v) is 14.2. The molecular formula is C38H32N6O5S2. The van der Waals surface area contributed by atoms with Crippen molar-refractivity contribution in [2.45, 2.75) is 45.8 Å². The van der Waals surface area contributed by atoms with Crippen molar-refractivity contribution in [1.82, 2.24) is 30.2 Å². The summed E-state index contributed by atoms with van der Waals surface area (Å²) in [5.74, 6) is 3.32. The highest BCUT2D eigenvalue weighted by Crippen LogP contribution is 2.36. The van der Waals surface area contributed by atoms with Gasteiger partial charge in [0.25, 0.3) is 0 Å². The number of aromatic nitrogens is 6. The Hall–Kier alpha value is -5.66. The Balaban J connectivity index is 0.886. The molecule has 0 saturated carbocycles. The van der Waals surface area contributed by atoms with Crippen molar-refractivity contribution in [2.24, 2.45) is 0 Å². The van der Waals surface area contributed by atoms with Crippen molar-refractivity contribution >= 4 is 43.1 Å². The lowest BCUT2D eigenvalue weighted by molar-refractivity contribution is 0.244. The predicted molar refractivity (Wildman–Crippen MR) is 195 cm³/mol. The molecule has 0 fully saturated rings. The third kappa shape index (κ3) is 7.03. The maximum absolute atomic E-state index is 6.09. The van der Waals surface area contributed by atoms with E-state index in [-0.39, 0.29) is 19.1 Å². The van der Waals surface area contributed by atoms with Crippen molar-refractivity contribution in [2.75, 3.05) is 7.11 Å². The number of hydrogen-bond donors (Lipinski definition) is 0. The fourth-order valence-corrected chi connectivity index (χ4v) is 7.69. The molecule has 6 aromatic heterocycles. The molecule has 0 N–H and O–H groups in total. The Morgan fingerprint density at radius 2 is 1.25 bits per heavy atom. The quantitative estimate of drug-likeness (QED) is 0.113. The molecule has 0 aliphatic heterocycles. The molecule has 0 aliphatic rings. The van der Waals surface area contributed by atoms with Crippen LogP contribution in [0.4, 0.5) is 0 Å². The van der Waals surface area contributed by atoms with Gasteiger partial charge in [-0.2, -0.15) is 0 Å². The number of benzene rings is 2. The summed E-state index contributed by atoms with van der Waals surface area (Å²) in [7, 11) is 1.64. The summed E-state index contributed by atoms with van der Waals surface area (Å²) in [5.41, 5.74) is 4.59. The zero-order valence-electron chi connectivity index (χ0n) is 28.0. The Bertz CT molecular complexity index is 2420. The molecule has 0 bridgehead atoms. The topological polar surface area (TPSA) is 131 Å². The van der Waals surface area contributed by atoms with Crippen LogP contribution >= 0.6 is 22.7 Å². The maximum Gasteiger partial charge on any atom is 0.225 e. The van der Waals surface area contributed by atoms with E-state index in [9.17, 15) is 0 Å². The van der Waals surface area contributed by atoms with E-state index < -0.39 is 0 Å². The minimum atomic E-state index is 0.197. The second-order valence-electron chi connectivity index (χ2n) is 12.0. The van der Waals surface area contributed by atoms with Crippen molar-refractivity contribution in [3.05, 3.63) is 112 Å². The van der Waals surface area contributed by atoms with Crippen LogP contribution in [-0.2, 0) is 26.1 Å². The number of nitrogens with zero attached hydrogens (tertiary/aromatic N) is 6. The van der Waals surface area contributed by atoms with Crippen LogP contribution in [0, 0.1) is 0 Å². The largest absolute Gasteiger partial charge is 0.497 e. The van der Waals surface area contributed by atoms with Crippen LogP contribution in [0.15, 0.2) is 94.5 Å². The molecule has 0 radical (unpaired) electrons. The van der Waals surface area contributed by atoms with Gasteiger partial charge in [0.2, 0.25) is 11.8 Å². The van der Waals surface area contributed by atoms with Crippen LogP contribution in [0.25, 0.3) is 42.9 Å². The summed E-state index contributed by atoms with van der Waals surface area (Å²) < 4.78 is 28.5. The first-order chi connectivity index (χ1) is 25.0. The third-order valence-corrected chi connectivity index (χ3v) is 10.9. The SMILES string of the molecule is CCc1cc2c(OCc3cc(-c4ccc(CC(C)c5cc6c(OCc7cc(-c8ccc(OC)cc8)no7)ncnc6s5)cc4)no3)ncnc2s1. The highest BCUT2D eigenvalue weighted by Gasteiger charge is 2.17. The van der Waals surface area contributed by atoms with Gasteiger partial charge >= 0.3 is 0 Å². The van der Waals surface area contributed by atoms with Gasteiger partial charge < -0.3 is 23.3 Å². The standard InChI is InChI=1S/C38H32N6O5S2/c1-4-29-16-30-35(39-20-41-37(30)50-29)46-18-27-14-32(43-48-27)24-7-5-23(6-8-24)13-22(2)34-17-31-36(40-21-42-38(31)51-34)47-19-28-15-33(44-49-28)25-9-11-26(45-3)12-10-25/h5-12,14-17,20-22H,4,13,18-19H2,1-3H3. The lowest BCUT2D eigenvalue weighted by Crippen LogP contribution is -1.97. The predicted octanol–water partition coefficient (Wildman–Crippen LogP) is 9.08. The van der Waals surface area contributed by atoms with Gasteiger partial charge in [0.05, 0.1) is 17.9 Å². The highest BCUT2D eigenvalue weighted by atomic mass is 32.1. The van der Waals surface area contributed by atoms with Gasteiger partial charge in [0.1, 0.15) is 39.5 Å². The van der Waals surface area contributed by atoms with Crippen LogP contribution in [-0.4, -0.2) is 37.4 Å². The molecule has 0 aliphatic carbocycles. The Morgan fingerprint density at radius 1 is 0.686 bits per heavy atom. The molecular weight excluding hydrogens is 685 g/mol. The molecule has 6 heterocycles. The Labute approximate surface area is 300 Å². The first-order valence-corrected chi connectivity index (χ1v) is 18.0. The Kier molecular flexibility index (Phi) is 9.12. The van der Waals surface area contributed by atoms with E-state index >= 15 is 0 Å². The molecule has 8 aromatic rings. The summed E-state index contributed by atoms with van der Waals surface area (Å²) in [4.78, 5) is 21.9. The van der Waals surface area contributed by atoms with Crippen LogP contribution in [0.5, 0.6) is 17.5 Å². The van der Waals surface area contributed by atoms with Crippen molar-refractivity contribution in [1.29, 1.82) is 0 Å². The molecule has 2 aromatic carbocycles. The van der Waals surface area contributed by atoms with E-state index in [0.717, 1.165) is 61.5 Å². The number of rotatable bonds is 13. The van der Waals surface area contributed by atoms with E-state index in [4.69, 9.17) is 23.3 Å². The van der Waals surface area contributed by atoms with Crippen LogP contribution < -0.4 is 14.2 Å². The minimum absolute atomic E-state index is 0.197. The van der Waals surface area contributed by atoms with E-state index in [1.807, 2.05) is 36.4 Å². The van der Waals surface area contributed by atoms with Crippen molar-refractivity contribution in [3.63, 3.8) is 0 Å². The van der Waals surface area contributed by atoms with Crippen LogP contribution in [0.1, 0.15) is 46.6 Å². The average molecular weight is 717 g/mol. The van der Waals surface area contributed by atoms with Gasteiger partial charge in [-0.1, -0.05) is 48.4 Å². The van der Waals surface area contributed by atoms with Gasteiger partial charge in [-0.25, -0.2) is 19.9 Å². The first-order valence-electron chi connectivity index (χ1n) is 16.4. The zero-order chi connectivity index (χ0) is 34.7. The van der Waals surface area contributed by atoms with Crippen molar-refractivity contribution < 1.29 is 23.3 Å². The minimum Gasteiger partial charge on any atom is -0.497 e. The van der Waals surface area contributed by atoms with E-state index in [2.05, 4.69) is 80.5 Å². The van der Waals surface area contributed by atoms with E-state index in [1.165, 1.54) is 28.0 Å². The molecule has 0 amide bonds. The number of aryl methyl sites for hydroxylation is 1. The molecule has 256 valence electrons. The smallest absolute Gasteiger partial charge is 0.225 e. The first kappa shape index (κ1) is 32.5. The molecule has 11 nitrogen and oxygen atoms in total. The summed E-state index contributed by atoms with van der Waals surface area (Å²) in [5, 5.41) is 10.3. The van der Waals surface area contributed by atoms with Crippen molar-refractivity contribution in [3.8, 4) is 40.0 Å². The summed E-state index contributed by atoms with van der Waals surface area (Å²) in [6.07, 6.45) is 4.87. The molecule has 0 spiro atoms. The molecule has 1 unspecified atom stereocenters. The lowest BCUT2D eigenvalue weighted by atomic mass is 9.98. The van der Waals surface area contributed by atoms with E-state index in [1.54, 1.807) is 29.8 Å². The molecule has 13 heteroatoms. The fourth-order valence-electron chi connectivity index (χ4n) is 5.72. The van der Waals surface area contributed by atoms with Crippen LogP contribution in [0.2, 0.25) is 0 Å². The fraction of sp³-hybridized carbons (Fsp3) is 0.211. The zero-order valence-corrected chi connectivity index (χ0v) is 29.7. The van der Waals surface area contributed by atoms with Gasteiger partial charge in [-0.05, 0) is 60.7 Å². The maximum atomic E-state index is 6.09. The number of fused-ring (bicyclic) bond motifs is 2. The van der Waals surface area contributed by atoms with Gasteiger partial charge in [0.15, 0.2) is 24.7 Å². The number of methoxy groups -OCH3 is 1. The summed E-state index contributed by atoms with van der Waals surface area (Å²) in [6.45, 7) is 4.76. The number of hydrogen-bond acceptors (Lipinski definition) is 13. The lowest BCUT2D eigenvalue weighted by Gasteiger charge is -2.09. The summed E-state index contributed by atoms with van der Waals surface area (Å²) >= 11 is 3.31. The van der Waals surface area contributed by atoms with Gasteiger partial charge in [0, 0.05) is 33.0 Å². The molecule has 0 saturated heterocycles. The van der Waals surface area contributed by atoms with Crippen LogP contribution in [0.3, 0.4) is 0 Å².